The number of carbonyl (C=O) groups excluding carboxylic acids is 2. The van der Waals surface area contributed by atoms with Crippen LogP contribution in [0, 0.1) is 0 Å². The maximum atomic E-state index is 11.9. The molecule has 0 heterocycles. The van der Waals surface area contributed by atoms with E-state index in [4.69, 9.17) is 9.47 Å². The molecule has 2 aromatic rings. The van der Waals surface area contributed by atoms with Crippen molar-refractivity contribution < 1.29 is 19.1 Å². The Labute approximate surface area is 123 Å². The predicted octanol–water partition coefficient (Wildman–Crippen LogP) is 3.36. The second kappa shape index (κ2) is 7.24. The van der Waals surface area contributed by atoms with Crippen LogP contribution in [0.25, 0.3) is 0 Å². The van der Waals surface area contributed by atoms with Crippen LogP contribution in [0.15, 0.2) is 54.6 Å². The fourth-order valence-electron chi connectivity index (χ4n) is 1.67. The van der Waals surface area contributed by atoms with E-state index in [1.54, 1.807) is 31.2 Å². The van der Waals surface area contributed by atoms with Gasteiger partial charge in [-0.05, 0) is 29.8 Å². The zero-order valence-corrected chi connectivity index (χ0v) is 11.7. The summed E-state index contributed by atoms with van der Waals surface area (Å²) in [7, 11) is 0. The van der Waals surface area contributed by atoms with Gasteiger partial charge in [0.25, 0.3) is 0 Å². The number of ether oxygens (including phenoxy) is 2. The Balaban J connectivity index is 1.92. The van der Waals surface area contributed by atoms with Gasteiger partial charge in [-0.2, -0.15) is 0 Å². The van der Waals surface area contributed by atoms with E-state index in [0.717, 1.165) is 5.56 Å². The fourth-order valence-corrected chi connectivity index (χ4v) is 1.67. The van der Waals surface area contributed by atoms with Crippen LogP contribution in [-0.2, 0) is 16.1 Å². The molecule has 0 aliphatic heterocycles. The third-order valence-electron chi connectivity index (χ3n) is 2.82. The summed E-state index contributed by atoms with van der Waals surface area (Å²) in [5.74, 6) is -0.303. The van der Waals surface area contributed by atoms with Crippen LogP contribution in [0.2, 0.25) is 0 Å². The zero-order valence-electron chi connectivity index (χ0n) is 11.7. The molecule has 0 aliphatic carbocycles. The average Bonchev–Trinajstić information content (AvgIpc) is 2.54. The highest BCUT2D eigenvalue weighted by atomic mass is 16.5. The van der Waals surface area contributed by atoms with Gasteiger partial charge in [0, 0.05) is 6.42 Å². The Morgan fingerprint density at radius 3 is 2.24 bits per heavy atom. The molecule has 0 bridgehead atoms. The van der Waals surface area contributed by atoms with Crippen molar-refractivity contribution in [2.24, 2.45) is 0 Å². The first kappa shape index (κ1) is 14.8. The first-order valence-corrected chi connectivity index (χ1v) is 6.71. The lowest BCUT2D eigenvalue weighted by Gasteiger charge is -2.06. The molecule has 0 fully saturated rings. The van der Waals surface area contributed by atoms with Crippen molar-refractivity contribution in [2.75, 3.05) is 0 Å². The van der Waals surface area contributed by atoms with Gasteiger partial charge in [-0.15, -0.1) is 0 Å². The van der Waals surface area contributed by atoms with Gasteiger partial charge in [0.05, 0.1) is 5.56 Å². The third kappa shape index (κ3) is 4.45. The van der Waals surface area contributed by atoms with Crippen molar-refractivity contribution in [3.8, 4) is 5.75 Å². The molecule has 0 N–H and O–H groups in total. The molecule has 108 valence electrons. The summed E-state index contributed by atoms with van der Waals surface area (Å²) in [6.45, 7) is 1.95. The summed E-state index contributed by atoms with van der Waals surface area (Å²) in [6.07, 6.45) is 0.306. The Morgan fingerprint density at radius 2 is 1.62 bits per heavy atom. The normalized spacial score (nSPS) is 9.95. The van der Waals surface area contributed by atoms with Gasteiger partial charge < -0.3 is 9.47 Å². The summed E-state index contributed by atoms with van der Waals surface area (Å²) < 4.78 is 10.2. The van der Waals surface area contributed by atoms with E-state index in [2.05, 4.69) is 0 Å². The van der Waals surface area contributed by atoms with Gasteiger partial charge in [0.1, 0.15) is 12.4 Å². The van der Waals surface area contributed by atoms with Crippen LogP contribution in [0.1, 0.15) is 29.3 Å². The number of hydrogen-bond donors (Lipinski definition) is 0. The third-order valence-corrected chi connectivity index (χ3v) is 2.82. The molecule has 21 heavy (non-hydrogen) atoms. The van der Waals surface area contributed by atoms with Gasteiger partial charge in [0.15, 0.2) is 0 Å². The van der Waals surface area contributed by atoms with Crippen molar-refractivity contribution in [1.82, 2.24) is 0 Å². The van der Waals surface area contributed by atoms with E-state index >= 15 is 0 Å². The summed E-state index contributed by atoms with van der Waals surface area (Å²) in [5.41, 5.74) is 1.35. The van der Waals surface area contributed by atoms with Crippen LogP contribution in [0.3, 0.4) is 0 Å². The van der Waals surface area contributed by atoms with E-state index in [1.807, 2.05) is 30.3 Å². The fraction of sp³-hybridized carbons (Fsp3) is 0.176. The van der Waals surface area contributed by atoms with E-state index in [0.29, 0.717) is 17.7 Å². The molecule has 2 aromatic carbocycles. The molecular weight excluding hydrogens is 268 g/mol. The van der Waals surface area contributed by atoms with Crippen molar-refractivity contribution in [3.05, 3.63) is 65.7 Å². The lowest BCUT2D eigenvalue weighted by atomic mass is 10.2. The topological polar surface area (TPSA) is 52.6 Å². The van der Waals surface area contributed by atoms with Crippen LogP contribution in [0.5, 0.6) is 5.75 Å². The molecule has 0 saturated heterocycles. The predicted molar refractivity (Wildman–Crippen MR) is 77.9 cm³/mol. The number of benzene rings is 2. The minimum atomic E-state index is -0.410. The quantitative estimate of drug-likeness (QED) is 0.624. The number of carbonyl (C=O) groups is 2. The zero-order chi connectivity index (χ0) is 15.1. The van der Waals surface area contributed by atoms with Crippen molar-refractivity contribution >= 4 is 11.9 Å². The maximum Gasteiger partial charge on any atom is 0.338 e. The summed E-state index contributed by atoms with van der Waals surface area (Å²) >= 11 is 0. The van der Waals surface area contributed by atoms with Gasteiger partial charge in [0.2, 0.25) is 0 Å². The second-order valence-electron chi connectivity index (χ2n) is 4.41. The Hall–Kier alpha value is -2.62. The van der Waals surface area contributed by atoms with Crippen LogP contribution < -0.4 is 4.74 Å². The molecule has 0 spiro atoms. The average molecular weight is 284 g/mol. The molecule has 0 aliphatic rings. The standard InChI is InChI=1S/C17H16O4/c1-2-16(18)21-15-10-8-14(9-11-15)17(19)20-12-13-6-4-3-5-7-13/h3-11H,2,12H2,1H3. The van der Waals surface area contributed by atoms with Gasteiger partial charge in [-0.1, -0.05) is 37.3 Å². The van der Waals surface area contributed by atoms with Crippen molar-refractivity contribution in [3.63, 3.8) is 0 Å². The Bertz CT molecular complexity index is 602. The van der Waals surface area contributed by atoms with Gasteiger partial charge in [-0.25, -0.2) is 4.79 Å². The van der Waals surface area contributed by atoms with E-state index in [1.165, 1.54) is 0 Å². The summed E-state index contributed by atoms with van der Waals surface area (Å²) in [6, 6.07) is 15.8. The molecule has 0 unspecified atom stereocenters. The molecule has 0 radical (unpaired) electrons. The molecular formula is C17H16O4. The highest BCUT2D eigenvalue weighted by molar-refractivity contribution is 5.89. The smallest absolute Gasteiger partial charge is 0.338 e. The lowest BCUT2D eigenvalue weighted by Crippen LogP contribution is -2.07. The molecule has 4 nitrogen and oxygen atoms in total. The van der Waals surface area contributed by atoms with Gasteiger partial charge >= 0.3 is 11.9 Å². The lowest BCUT2D eigenvalue weighted by molar-refractivity contribution is -0.134. The van der Waals surface area contributed by atoms with Crippen molar-refractivity contribution in [1.29, 1.82) is 0 Å². The van der Waals surface area contributed by atoms with E-state index in [-0.39, 0.29) is 12.6 Å². The maximum absolute atomic E-state index is 11.9. The SMILES string of the molecule is CCC(=O)Oc1ccc(C(=O)OCc2ccccc2)cc1. The van der Waals surface area contributed by atoms with Gasteiger partial charge in [-0.3, -0.25) is 4.79 Å². The molecule has 4 heteroatoms. The highest BCUT2D eigenvalue weighted by Gasteiger charge is 2.08. The Kier molecular flexibility index (Phi) is 5.10. The minimum Gasteiger partial charge on any atom is -0.457 e. The molecule has 2 rings (SSSR count). The van der Waals surface area contributed by atoms with Crippen LogP contribution in [0.4, 0.5) is 0 Å². The number of rotatable bonds is 5. The highest BCUT2D eigenvalue weighted by Crippen LogP contribution is 2.14. The molecule has 0 atom stereocenters. The van der Waals surface area contributed by atoms with E-state index < -0.39 is 5.97 Å². The van der Waals surface area contributed by atoms with Crippen LogP contribution >= 0.6 is 0 Å². The summed E-state index contributed by atoms with van der Waals surface area (Å²) in [5, 5.41) is 0. The second-order valence-corrected chi connectivity index (χ2v) is 4.41. The van der Waals surface area contributed by atoms with Crippen molar-refractivity contribution in [2.45, 2.75) is 20.0 Å². The number of esters is 2. The first-order chi connectivity index (χ1) is 10.2. The molecule has 0 amide bonds. The van der Waals surface area contributed by atoms with E-state index in [9.17, 15) is 9.59 Å². The molecule has 0 aromatic heterocycles. The minimum absolute atomic E-state index is 0.228. The first-order valence-electron chi connectivity index (χ1n) is 6.71. The largest absolute Gasteiger partial charge is 0.457 e. The molecule has 0 saturated carbocycles. The number of hydrogen-bond acceptors (Lipinski definition) is 4. The monoisotopic (exact) mass is 284 g/mol. The summed E-state index contributed by atoms with van der Waals surface area (Å²) in [4.78, 5) is 23.0. The van der Waals surface area contributed by atoms with Crippen LogP contribution in [-0.4, -0.2) is 11.9 Å². The Morgan fingerprint density at radius 1 is 0.952 bits per heavy atom.